The van der Waals surface area contributed by atoms with E-state index in [2.05, 4.69) is 59.4 Å². The molecule has 0 aromatic heterocycles. The Balaban J connectivity index is 2.13. The van der Waals surface area contributed by atoms with Crippen LogP contribution in [0.15, 0.2) is 28.7 Å². The molecule has 0 amide bonds. The van der Waals surface area contributed by atoms with Crippen molar-refractivity contribution in [2.75, 3.05) is 6.54 Å². The predicted molar refractivity (Wildman–Crippen MR) is 86.3 cm³/mol. The number of hydrogen-bond acceptors (Lipinski definition) is 1. The summed E-state index contributed by atoms with van der Waals surface area (Å²) in [5.41, 5.74) is 1.44. The second-order valence-electron chi connectivity index (χ2n) is 5.97. The van der Waals surface area contributed by atoms with Gasteiger partial charge in [-0.1, -0.05) is 60.8 Å². The predicted octanol–water partition coefficient (Wildman–Crippen LogP) is 5.32. The lowest BCUT2D eigenvalue weighted by molar-refractivity contribution is 0.231. The first-order valence-corrected chi connectivity index (χ1v) is 8.49. The Morgan fingerprint density at radius 2 is 1.89 bits per heavy atom. The zero-order valence-corrected chi connectivity index (χ0v) is 13.7. The fourth-order valence-electron chi connectivity index (χ4n) is 3.18. The Labute approximate surface area is 126 Å². The van der Waals surface area contributed by atoms with Gasteiger partial charge < -0.3 is 5.32 Å². The van der Waals surface area contributed by atoms with Gasteiger partial charge in [0.2, 0.25) is 0 Å². The van der Waals surface area contributed by atoms with Crippen molar-refractivity contribution in [3.63, 3.8) is 0 Å². The van der Waals surface area contributed by atoms with E-state index in [0.29, 0.717) is 6.04 Å². The van der Waals surface area contributed by atoms with E-state index >= 15 is 0 Å². The van der Waals surface area contributed by atoms with Crippen LogP contribution in [0.25, 0.3) is 0 Å². The fraction of sp³-hybridized carbons (Fsp3) is 0.647. The third kappa shape index (κ3) is 4.06. The number of rotatable bonds is 5. The van der Waals surface area contributed by atoms with Gasteiger partial charge in [0.1, 0.15) is 0 Å². The molecule has 0 heterocycles. The van der Waals surface area contributed by atoms with Gasteiger partial charge in [0.25, 0.3) is 0 Å². The first-order valence-electron chi connectivity index (χ1n) is 7.70. The van der Waals surface area contributed by atoms with Crippen molar-refractivity contribution in [3.05, 3.63) is 34.3 Å². The quantitative estimate of drug-likeness (QED) is 0.773. The molecule has 1 atom stereocenters. The van der Waals surface area contributed by atoms with Crippen molar-refractivity contribution in [1.29, 1.82) is 0 Å². The molecule has 19 heavy (non-hydrogen) atoms. The minimum Gasteiger partial charge on any atom is -0.310 e. The van der Waals surface area contributed by atoms with Gasteiger partial charge in [-0.3, -0.25) is 0 Å². The first kappa shape index (κ1) is 15.1. The van der Waals surface area contributed by atoms with Gasteiger partial charge >= 0.3 is 0 Å². The van der Waals surface area contributed by atoms with Crippen LogP contribution in [0.1, 0.15) is 57.6 Å². The molecule has 0 radical (unpaired) electrons. The summed E-state index contributed by atoms with van der Waals surface area (Å²) in [7, 11) is 0. The molecule has 2 heteroatoms. The highest BCUT2D eigenvalue weighted by molar-refractivity contribution is 9.10. The van der Waals surface area contributed by atoms with E-state index in [4.69, 9.17) is 0 Å². The summed E-state index contributed by atoms with van der Waals surface area (Å²) in [5, 5.41) is 3.78. The van der Waals surface area contributed by atoms with E-state index in [1.54, 1.807) is 0 Å². The van der Waals surface area contributed by atoms with Gasteiger partial charge in [-0.15, -0.1) is 0 Å². The topological polar surface area (TPSA) is 12.0 Å². The maximum absolute atomic E-state index is 3.78. The third-order valence-corrected chi connectivity index (χ3v) is 5.11. The van der Waals surface area contributed by atoms with Crippen LogP contribution < -0.4 is 5.32 Å². The normalized spacial score (nSPS) is 25.2. The summed E-state index contributed by atoms with van der Waals surface area (Å²) in [4.78, 5) is 0. The molecule has 1 nitrogen and oxygen atoms in total. The summed E-state index contributed by atoms with van der Waals surface area (Å²) in [5.74, 6) is 1.71. The molecule has 1 fully saturated rings. The molecular formula is C17H26BrN. The van der Waals surface area contributed by atoms with Crippen LogP contribution in [0, 0.1) is 11.8 Å². The Morgan fingerprint density at radius 3 is 2.53 bits per heavy atom. The molecule has 1 unspecified atom stereocenters. The Hall–Kier alpha value is -0.340. The Kier molecular flexibility index (Phi) is 5.90. The number of hydrogen-bond donors (Lipinski definition) is 1. The van der Waals surface area contributed by atoms with Crippen molar-refractivity contribution in [3.8, 4) is 0 Å². The van der Waals surface area contributed by atoms with Gasteiger partial charge in [0.15, 0.2) is 0 Å². The molecule has 0 saturated heterocycles. The van der Waals surface area contributed by atoms with Crippen molar-refractivity contribution in [2.45, 2.75) is 52.0 Å². The fourth-order valence-corrected chi connectivity index (χ4v) is 3.71. The van der Waals surface area contributed by atoms with E-state index in [9.17, 15) is 0 Å². The third-order valence-electron chi connectivity index (χ3n) is 4.39. The molecule has 0 aliphatic heterocycles. The van der Waals surface area contributed by atoms with E-state index in [-0.39, 0.29) is 0 Å². The molecule has 0 spiro atoms. The maximum Gasteiger partial charge on any atom is 0.0359 e. The summed E-state index contributed by atoms with van der Waals surface area (Å²) in [6.45, 7) is 5.74. The van der Waals surface area contributed by atoms with E-state index < -0.39 is 0 Å². The Morgan fingerprint density at radius 1 is 1.21 bits per heavy atom. The van der Waals surface area contributed by atoms with Crippen LogP contribution in [0.3, 0.4) is 0 Å². The average molecular weight is 324 g/mol. The summed E-state index contributed by atoms with van der Waals surface area (Å²) in [6.07, 6.45) is 6.71. The first-order chi connectivity index (χ1) is 9.22. The lowest BCUT2D eigenvalue weighted by Gasteiger charge is -2.34. The number of nitrogens with one attached hydrogen (secondary N) is 1. The molecule has 1 aromatic rings. The molecule has 1 aliphatic carbocycles. The largest absolute Gasteiger partial charge is 0.310 e. The summed E-state index contributed by atoms with van der Waals surface area (Å²) in [6, 6.07) is 9.22. The van der Waals surface area contributed by atoms with Crippen molar-refractivity contribution in [2.24, 2.45) is 11.8 Å². The number of benzene rings is 1. The van der Waals surface area contributed by atoms with Gasteiger partial charge in [-0.25, -0.2) is 0 Å². The molecular weight excluding hydrogens is 298 g/mol. The highest BCUT2D eigenvalue weighted by atomic mass is 79.9. The highest BCUT2D eigenvalue weighted by Gasteiger charge is 2.27. The second kappa shape index (κ2) is 7.44. The molecule has 106 valence electrons. The minimum atomic E-state index is 0.517. The van der Waals surface area contributed by atoms with E-state index in [0.717, 1.165) is 18.4 Å². The second-order valence-corrected chi connectivity index (χ2v) is 6.83. The monoisotopic (exact) mass is 323 g/mol. The van der Waals surface area contributed by atoms with Crippen LogP contribution in [-0.2, 0) is 0 Å². The van der Waals surface area contributed by atoms with Gasteiger partial charge in [0, 0.05) is 10.5 Å². The average Bonchev–Trinajstić information content (AvgIpc) is 2.43. The molecule has 1 aromatic carbocycles. The van der Waals surface area contributed by atoms with Gasteiger partial charge in [-0.05, 0) is 49.3 Å². The SMILES string of the molecule is CCCNC(c1ccccc1Br)C1CCC(C)CC1. The molecule has 0 bridgehead atoms. The van der Waals surface area contributed by atoms with Gasteiger partial charge in [-0.2, -0.15) is 0 Å². The lowest BCUT2D eigenvalue weighted by Crippen LogP contribution is -2.31. The van der Waals surface area contributed by atoms with Crippen LogP contribution in [0.2, 0.25) is 0 Å². The standard InChI is InChI=1S/C17H26BrN/c1-3-12-19-17(14-10-8-13(2)9-11-14)15-6-4-5-7-16(15)18/h4-7,13-14,17,19H,3,8-12H2,1-2H3. The molecule has 2 rings (SSSR count). The molecule has 1 N–H and O–H groups in total. The van der Waals surface area contributed by atoms with Crippen LogP contribution in [0.5, 0.6) is 0 Å². The van der Waals surface area contributed by atoms with Crippen LogP contribution >= 0.6 is 15.9 Å². The summed E-state index contributed by atoms with van der Waals surface area (Å²) < 4.78 is 1.25. The van der Waals surface area contributed by atoms with Crippen molar-refractivity contribution in [1.82, 2.24) is 5.32 Å². The maximum atomic E-state index is 3.78. The highest BCUT2D eigenvalue weighted by Crippen LogP contribution is 2.38. The van der Waals surface area contributed by atoms with E-state index in [1.165, 1.54) is 42.1 Å². The van der Waals surface area contributed by atoms with Crippen LogP contribution in [-0.4, -0.2) is 6.54 Å². The molecule has 1 saturated carbocycles. The lowest BCUT2D eigenvalue weighted by atomic mass is 9.77. The van der Waals surface area contributed by atoms with Crippen molar-refractivity contribution < 1.29 is 0 Å². The number of halogens is 1. The van der Waals surface area contributed by atoms with Crippen LogP contribution in [0.4, 0.5) is 0 Å². The summed E-state index contributed by atoms with van der Waals surface area (Å²) >= 11 is 3.73. The minimum absolute atomic E-state index is 0.517. The molecule has 1 aliphatic rings. The zero-order chi connectivity index (χ0) is 13.7. The van der Waals surface area contributed by atoms with Crippen molar-refractivity contribution >= 4 is 15.9 Å². The Bertz CT molecular complexity index is 383. The van der Waals surface area contributed by atoms with E-state index in [1.807, 2.05) is 0 Å². The van der Waals surface area contributed by atoms with Gasteiger partial charge in [0.05, 0.1) is 0 Å². The zero-order valence-electron chi connectivity index (χ0n) is 12.2. The smallest absolute Gasteiger partial charge is 0.0359 e.